The third-order valence-corrected chi connectivity index (χ3v) is 4.19. The summed E-state index contributed by atoms with van der Waals surface area (Å²) in [5.74, 6) is 2.72. The molecule has 4 atom stereocenters. The Kier molecular flexibility index (Phi) is 3.92. The van der Waals surface area contributed by atoms with Crippen LogP contribution in [0.3, 0.4) is 0 Å². The molecular weight excluding hydrogens is 214 g/mol. The van der Waals surface area contributed by atoms with Crippen LogP contribution in [0.15, 0.2) is 0 Å². The van der Waals surface area contributed by atoms with E-state index >= 15 is 0 Å². The van der Waals surface area contributed by atoms with Gasteiger partial charge in [0.05, 0.1) is 0 Å². The number of hydrogen-bond donors (Lipinski definition) is 3. The van der Waals surface area contributed by atoms with Crippen molar-refractivity contribution in [1.29, 1.82) is 0 Å². The Morgan fingerprint density at radius 2 is 2.06 bits per heavy atom. The third-order valence-electron chi connectivity index (χ3n) is 4.19. The van der Waals surface area contributed by atoms with E-state index in [2.05, 4.69) is 24.5 Å². The lowest BCUT2D eigenvalue weighted by Gasteiger charge is -2.37. The highest BCUT2D eigenvalue weighted by atomic mass is 16.2. The Morgan fingerprint density at radius 3 is 2.65 bits per heavy atom. The van der Waals surface area contributed by atoms with Crippen molar-refractivity contribution in [2.75, 3.05) is 13.1 Å². The molecule has 0 aromatic heterocycles. The van der Waals surface area contributed by atoms with Gasteiger partial charge in [0, 0.05) is 19.1 Å². The van der Waals surface area contributed by atoms with Crippen molar-refractivity contribution in [3.05, 3.63) is 0 Å². The topological polar surface area (TPSA) is 67.2 Å². The van der Waals surface area contributed by atoms with Crippen LogP contribution in [-0.4, -0.2) is 25.2 Å². The first-order chi connectivity index (χ1) is 8.06. The first-order valence-electron chi connectivity index (χ1n) is 6.83. The summed E-state index contributed by atoms with van der Waals surface area (Å²) >= 11 is 0. The highest BCUT2D eigenvalue weighted by Crippen LogP contribution is 2.48. The van der Waals surface area contributed by atoms with Gasteiger partial charge in [-0.05, 0) is 42.9 Å². The van der Waals surface area contributed by atoms with Gasteiger partial charge in [-0.15, -0.1) is 0 Å². The van der Waals surface area contributed by atoms with Crippen LogP contribution in [0, 0.1) is 23.7 Å². The Bertz CT molecular complexity index is 280. The highest BCUT2D eigenvalue weighted by Gasteiger charge is 2.45. The number of carbonyl (C=O) groups is 1. The van der Waals surface area contributed by atoms with Crippen molar-refractivity contribution < 1.29 is 4.79 Å². The van der Waals surface area contributed by atoms with E-state index < -0.39 is 0 Å². The molecule has 0 spiro atoms. The number of hydrogen-bond acceptors (Lipinski definition) is 2. The number of fused-ring (bicyclic) bond motifs is 1. The molecule has 4 N–H and O–H groups in total. The van der Waals surface area contributed by atoms with Crippen LogP contribution >= 0.6 is 0 Å². The molecule has 0 saturated heterocycles. The fourth-order valence-corrected chi connectivity index (χ4v) is 3.16. The predicted molar refractivity (Wildman–Crippen MR) is 68.5 cm³/mol. The van der Waals surface area contributed by atoms with Crippen molar-refractivity contribution in [3.8, 4) is 0 Å². The van der Waals surface area contributed by atoms with Gasteiger partial charge in [0.25, 0.3) is 0 Å². The van der Waals surface area contributed by atoms with Gasteiger partial charge in [0.15, 0.2) is 0 Å². The van der Waals surface area contributed by atoms with Crippen molar-refractivity contribution in [2.24, 2.45) is 29.4 Å². The van der Waals surface area contributed by atoms with E-state index in [9.17, 15) is 4.79 Å². The minimum atomic E-state index is -0.0257. The van der Waals surface area contributed by atoms with Crippen molar-refractivity contribution in [1.82, 2.24) is 10.6 Å². The van der Waals surface area contributed by atoms with Gasteiger partial charge in [-0.1, -0.05) is 13.8 Å². The van der Waals surface area contributed by atoms with Crippen LogP contribution in [0.4, 0.5) is 4.79 Å². The van der Waals surface area contributed by atoms with Gasteiger partial charge in [-0.2, -0.15) is 0 Å². The molecule has 4 heteroatoms. The van der Waals surface area contributed by atoms with Crippen LogP contribution < -0.4 is 16.4 Å². The monoisotopic (exact) mass is 239 g/mol. The zero-order valence-corrected chi connectivity index (χ0v) is 10.9. The summed E-state index contributed by atoms with van der Waals surface area (Å²) in [4.78, 5) is 11.5. The van der Waals surface area contributed by atoms with Gasteiger partial charge in [0.1, 0.15) is 0 Å². The molecular formula is C13H25N3O. The minimum absolute atomic E-state index is 0.0257. The molecule has 2 amide bonds. The van der Waals surface area contributed by atoms with E-state index in [4.69, 9.17) is 5.73 Å². The van der Waals surface area contributed by atoms with Gasteiger partial charge in [-0.25, -0.2) is 4.79 Å². The quantitative estimate of drug-likeness (QED) is 0.692. The molecule has 0 aliphatic heterocycles. The van der Waals surface area contributed by atoms with Crippen LogP contribution in [0.5, 0.6) is 0 Å². The van der Waals surface area contributed by atoms with E-state index in [1.807, 2.05) is 0 Å². The average molecular weight is 239 g/mol. The number of amides is 2. The fourth-order valence-electron chi connectivity index (χ4n) is 3.16. The summed E-state index contributed by atoms with van der Waals surface area (Å²) in [5.41, 5.74) is 5.96. The molecule has 2 rings (SSSR count). The molecule has 17 heavy (non-hydrogen) atoms. The molecule has 4 unspecified atom stereocenters. The number of carbonyl (C=O) groups excluding carboxylic acids is 1. The summed E-state index contributed by atoms with van der Waals surface area (Å²) in [5, 5.41) is 5.85. The second-order valence-corrected chi connectivity index (χ2v) is 6.15. The summed E-state index contributed by atoms with van der Waals surface area (Å²) in [6.45, 7) is 5.74. The van der Waals surface area contributed by atoms with E-state index in [-0.39, 0.29) is 6.03 Å². The van der Waals surface area contributed by atoms with Crippen molar-refractivity contribution >= 4 is 6.03 Å². The standard InChI is InChI=1S/C13H25N3O/c1-8(2)6-15-13(17)16-7-9-3-10-5-12(14)11(10)4-9/h8-12H,3-7,14H2,1-2H3,(H2,15,16,17). The van der Waals surface area contributed by atoms with Crippen LogP contribution in [-0.2, 0) is 0 Å². The molecule has 0 aromatic carbocycles. The first-order valence-corrected chi connectivity index (χ1v) is 6.83. The van der Waals surface area contributed by atoms with Crippen LogP contribution in [0.25, 0.3) is 0 Å². The Hall–Kier alpha value is -0.770. The van der Waals surface area contributed by atoms with E-state index in [1.54, 1.807) is 0 Å². The van der Waals surface area contributed by atoms with Crippen molar-refractivity contribution in [3.63, 3.8) is 0 Å². The fraction of sp³-hybridized carbons (Fsp3) is 0.923. The van der Waals surface area contributed by atoms with Gasteiger partial charge < -0.3 is 16.4 Å². The zero-order chi connectivity index (χ0) is 12.4. The summed E-state index contributed by atoms with van der Waals surface area (Å²) in [6.07, 6.45) is 3.65. The Labute approximate surface area is 104 Å². The van der Waals surface area contributed by atoms with E-state index in [0.717, 1.165) is 24.9 Å². The Balaban J connectivity index is 1.61. The lowest BCUT2D eigenvalue weighted by molar-refractivity contribution is 0.173. The maximum absolute atomic E-state index is 11.5. The summed E-state index contributed by atoms with van der Waals surface area (Å²) < 4.78 is 0. The number of nitrogens with one attached hydrogen (secondary N) is 2. The van der Waals surface area contributed by atoms with Gasteiger partial charge in [0.2, 0.25) is 0 Å². The molecule has 2 fully saturated rings. The molecule has 0 radical (unpaired) electrons. The second-order valence-electron chi connectivity index (χ2n) is 6.15. The molecule has 0 aromatic rings. The van der Waals surface area contributed by atoms with E-state index in [0.29, 0.717) is 17.9 Å². The zero-order valence-electron chi connectivity index (χ0n) is 10.9. The SMILES string of the molecule is CC(C)CNC(=O)NCC1CC2CC(N)C2C1. The molecule has 98 valence electrons. The predicted octanol–water partition coefficient (Wildman–Crippen LogP) is 1.31. The van der Waals surface area contributed by atoms with Crippen LogP contribution in [0.1, 0.15) is 33.1 Å². The molecule has 2 aliphatic carbocycles. The molecule has 0 heterocycles. The number of nitrogens with two attached hydrogens (primary N) is 1. The highest BCUT2D eigenvalue weighted by molar-refractivity contribution is 5.73. The molecule has 2 aliphatic rings. The largest absolute Gasteiger partial charge is 0.338 e. The first kappa shape index (κ1) is 12.7. The molecule has 2 saturated carbocycles. The summed E-state index contributed by atoms with van der Waals surface area (Å²) in [7, 11) is 0. The van der Waals surface area contributed by atoms with Gasteiger partial charge in [-0.3, -0.25) is 0 Å². The lowest BCUT2D eigenvalue weighted by atomic mass is 9.72. The second kappa shape index (κ2) is 5.25. The molecule has 0 bridgehead atoms. The number of urea groups is 1. The van der Waals surface area contributed by atoms with Crippen molar-refractivity contribution in [2.45, 2.75) is 39.2 Å². The normalized spacial score (nSPS) is 35.3. The maximum Gasteiger partial charge on any atom is 0.314 e. The average Bonchev–Trinajstić information content (AvgIpc) is 2.60. The lowest BCUT2D eigenvalue weighted by Crippen LogP contribution is -2.44. The van der Waals surface area contributed by atoms with Gasteiger partial charge >= 0.3 is 6.03 Å². The Morgan fingerprint density at radius 1 is 1.29 bits per heavy atom. The third kappa shape index (κ3) is 3.12. The van der Waals surface area contributed by atoms with E-state index in [1.165, 1.54) is 19.3 Å². The van der Waals surface area contributed by atoms with Crippen LogP contribution in [0.2, 0.25) is 0 Å². The summed E-state index contributed by atoms with van der Waals surface area (Å²) in [6, 6.07) is 0.405. The molecule has 4 nitrogen and oxygen atoms in total. The number of rotatable bonds is 4. The minimum Gasteiger partial charge on any atom is -0.338 e. The maximum atomic E-state index is 11.5. The smallest absolute Gasteiger partial charge is 0.314 e.